The van der Waals surface area contributed by atoms with Crippen molar-refractivity contribution in [2.75, 3.05) is 4.90 Å². The molecule has 10 aromatic carbocycles. The third kappa shape index (κ3) is 5.71. The Hall–Kier alpha value is -7.00. The summed E-state index contributed by atoms with van der Waals surface area (Å²) in [5, 5.41) is 10.2. The molecule has 1 heterocycles. The lowest BCUT2D eigenvalue weighted by molar-refractivity contribution is 1.29. The smallest absolute Gasteiger partial charge is 0.0468 e. The summed E-state index contributed by atoms with van der Waals surface area (Å²) < 4.78 is 2.68. The van der Waals surface area contributed by atoms with Gasteiger partial charge in [-0.15, -0.1) is 11.3 Å². The molecule has 0 aliphatic carbocycles. The van der Waals surface area contributed by atoms with Crippen LogP contribution in [0.4, 0.5) is 17.1 Å². The highest BCUT2D eigenvalue weighted by molar-refractivity contribution is 7.26. The van der Waals surface area contributed by atoms with Gasteiger partial charge in [0.25, 0.3) is 0 Å². The molecule has 0 N–H and O–H groups in total. The van der Waals surface area contributed by atoms with Crippen LogP contribution in [0.3, 0.4) is 0 Å². The standard InChI is InChI=1S/C54H35NS/c1-2-16-47(17-3-1)55(48-18-9-15-41(33-48)46-26-29-53-52(35-46)51-28-25-37-11-6-7-19-50(37)54(51)56-53)49-27-24-44-32-43(22-23-45(44)34-49)40-14-8-13-39(31-40)42-21-20-36-10-4-5-12-38(36)30-42/h1-35H. The van der Waals surface area contributed by atoms with Crippen LogP contribution < -0.4 is 4.90 Å². The Kier molecular flexibility index (Phi) is 7.75. The van der Waals surface area contributed by atoms with Gasteiger partial charge in [0.05, 0.1) is 0 Å². The number of nitrogens with zero attached hydrogens (tertiary/aromatic N) is 1. The third-order valence-electron chi connectivity index (χ3n) is 11.2. The van der Waals surface area contributed by atoms with E-state index in [1.165, 1.54) is 85.9 Å². The largest absolute Gasteiger partial charge is 0.310 e. The summed E-state index contributed by atoms with van der Waals surface area (Å²) in [6, 6.07) is 77.7. The minimum Gasteiger partial charge on any atom is -0.310 e. The zero-order chi connectivity index (χ0) is 37.0. The van der Waals surface area contributed by atoms with Crippen molar-refractivity contribution in [1.82, 2.24) is 0 Å². The molecule has 0 bridgehead atoms. The molecule has 0 atom stereocenters. The number of thiophene rings is 1. The first-order valence-electron chi connectivity index (χ1n) is 19.2. The van der Waals surface area contributed by atoms with Crippen LogP contribution in [0.15, 0.2) is 212 Å². The fourth-order valence-electron chi connectivity index (χ4n) is 8.33. The Labute approximate surface area is 330 Å². The zero-order valence-electron chi connectivity index (χ0n) is 30.6. The molecule has 262 valence electrons. The van der Waals surface area contributed by atoms with Gasteiger partial charge in [0.2, 0.25) is 0 Å². The van der Waals surface area contributed by atoms with E-state index < -0.39 is 0 Å². The summed E-state index contributed by atoms with van der Waals surface area (Å²) in [7, 11) is 0. The van der Waals surface area contributed by atoms with Gasteiger partial charge in [-0.1, -0.05) is 146 Å². The van der Waals surface area contributed by atoms with E-state index in [1.807, 2.05) is 11.3 Å². The highest BCUT2D eigenvalue weighted by Gasteiger charge is 2.16. The number of hydrogen-bond acceptors (Lipinski definition) is 2. The molecule has 1 nitrogen and oxygen atoms in total. The molecular formula is C54H35NS. The molecule has 1 aromatic heterocycles. The summed E-state index contributed by atoms with van der Waals surface area (Å²) in [6.45, 7) is 0. The molecule has 0 amide bonds. The van der Waals surface area contributed by atoms with Gasteiger partial charge in [-0.3, -0.25) is 0 Å². The average molecular weight is 730 g/mol. The molecule has 0 unspecified atom stereocenters. The van der Waals surface area contributed by atoms with Crippen molar-refractivity contribution < 1.29 is 0 Å². The van der Waals surface area contributed by atoms with Crippen LogP contribution in [0, 0.1) is 0 Å². The minimum absolute atomic E-state index is 1.12. The third-order valence-corrected chi connectivity index (χ3v) is 12.4. The van der Waals surface area contributed by atoms with Gasteiger partial charge >= 0.3 is 0 Å². The summed E-state index contributed by atoms with van der Waals surface area (Å²) in [5.74, 6) is 0. The number of hydrogen-bond donors (Lipinski definition) is 0. The Morgan fingerprint density at radius 3 is 1.62 bits per heavy atom. The summed E-state index contributed by atoms with van der Waals surface area (Å²) >= 11 is 1.89. The predicted molar refractivity (Wildman–Crippen MR) is 243 cm³/mol. The first kappa shape index (κ1) is 32.4. The molecule has 0 spiro atoms. The number of rotatable bonds is 6. The van der Waals surface area contributed by atoms with Crippen LogP contribution in [0.1, 0.15) is 0 Å². The van der Waals surface area contributed by atoms with E-state index in [-0.39, 0.29) is 0 Å². The molecule has 11 aromatic rings. The van der Waals surface area contributed by atoms with Crippen LogP contribution in [0.2, 0.25) is 0 Å². The molecule has 2 heteroatoms. The lowest BCUT2D eigenvalue weighted by Crippen LogP contribution is -2.09. The maximum absolute atomic E-state index is 2.38. The Morgan fingerprint density at radius 1 is 0.268 bits per heavy atom. The van der Waals surface area contributed by atoms with E-state index in [0.717, 1.165) is 17.1 Å². The SMILES string of the molecule is c1ccc(N(c2cccc(-c3ccc4sc5c6ccccc6ccc5c4c3)c2)c2ccc3cc(-c4cccc(-c5ccc6ccccc6c5)c4)ccc3c2)cc1. The molecule has 0 aliphatic rings. The predicted octanol–water partition coefficient (Wildman–Crippen LogP) is 16.0. The van der Waals surface area contributed by atoms with Crippen LogP contribution in [0.5, 0.6) is 0 Å². The lowest BCUT2D eigenvalue weighted by atomic mass is 9.96. The van der Waals surface area contributed by atoms with E-state index in [4.69, 9.17) is 0 Å². The van der Waals surface area contributed by atoms with Gasteiger partial charge in [-0.25, -0.2) is 0 Å². The van der Waals surface area contributed by atoms with E-state index in [9.17, 15) is 0 Å². The summed E-state index contributed by atoms with van der Waals surface area (Å²) in [6.07, 6.45) is 0. The fourth-order valence-corrected chi connectivity index (χ4v) is 9.55. The van der Waals surface area contributed by atoms with Crippen molar-refractivity contribution in [3.63, 3.8) is 0 Å². The van der Waals surface area contributed by atoms with Crippen LogP contribution in [-0.2, 0) is 0 Å². The first-order chi connectivity index (χ1) is 27.7. The van der Waals surface area contributed by atoms with Crippen molar-refractivity contribution in [3.05, 3.63) is 212 Å². The molecular weight excluding hydrogens is 695 g/mol. The second-order valence-corrected chi connectivity index (χ2v) is 15.6. The monoisotopic (exact) mass is 729 g/mol. The second-order valence-electron chi connectivity index (χ2n) is 14.6. The molecule has 0 aliphatic heterocycles. The number of fused-ring (bicyclic) bond motifs is 7. The first-order valence-corrected chi connectivity index (χ1v) is 20.0. The molecule has 0 radical (unpaired) electrons. The number of para-hydroxylation sites is 1. The Morgan fingerprint density at radius 2 is 0.804 bits per heavy atom. The van der Waals surface area contributed by atoms with Crippen molar-refractivity contribution in [3.8, 4) is 33.4 Å². The van der Waals surface area contributed by atoms with Gasteiger partial charge < -0.3 is 4.90 Å². The lowest BCUT2D eigenvalue weighted by Gasteiger charge is -2.26. The van der Waals surface area contributed by atoms with Crippen molar-refractivity contribution in [1.29, 1.82) is 0 Å². The van der Waals surface area contributed by atoms with Gasteiger partial charge in [-0.05, 0) is 132 Å². The molecule has 0 fully saturated rings. The molecule has 0 saturated carbocycles. The van der Waals surface area contributed by atoms with Crippen LogP contribution in [-0.4, -0.2) is 0 Å². The minimum atomic E-state index is 1.12. The topological polar surface area (TPSA) is 3.24 Å². The van der Waals surface area contributed by atoms with E-state index in [1.54, 1.807) is 0 Å². The fraction of sp³-hybridized carbons (Fsp3) is 0. The van der Waals surface area contributed by atoms with Crippen molar-refractivity contribution in [2.45, 2.75) is 0 Å². The van der Waals surface area contributed by atoms with Gasteiger partial charge in [0.1, 0.15) is 0 Å². The van der Waals surface area contributed by atoms with Gasteiger partial charge in [0.15, 0.2) is 0 Å². The number of benzene rings is 10. The maximum atomic E-state index is 2.38. The van der Waals surface area contributed by atoms with E-state index in [2.05, 4.69) is 217 Å². The highest BCUT2D eigenvalue weighted by Crippen LogP contribution is 2.42. The van der Waals surface area contributed by atoms with Crippen LogP contribution in [0.25, 0.3) is 85.9 Å². The maximum Gasteiger partial charge on any atom is 0.0468 e. The van der Waals surface area contributed by atoms with Gasteiger partial charge in [-0.2, -0.15) is 0 Å². The van der Waals surface area contributed by atoms with E-state index >= 15 is 0 Å². The summed E-state index contributed by atoms with van der Waals surface area (Å²) in [4.78, 5) is 2.37. The molecule has 0 saturated heterocycles. The quantitative estimate of drug-likeness (QED) is 0.165. The number of anilines is 3. The Balaban J connectivity index is 0.953. The summed E-state index contributed by atoms with van der Waals surface area (Å²) in [5.41, 5.74) is 10.7. The van der Waals surface area contributed by atoms with Crippen molar-refractivity contribution >= 4 is 80.9 Å². The average Bonchev–Trinajstić information content (AvgIpc) is 3.65. The normalized spacial score (nSPS) is 11.6. The zero-order valence-corrected chi connectivity index (χ0v) is 31.4. The van der Waals surface area contributed by atoms with Crippen molar-refractivity contribution in [2.24, 2.45) is 0 Å². The highest BCUT2D eigenvalue weighted by atomic mass is 32.1. The van der Waals surface area contributed by atoms with Crippen LogP contribution >= 0.6 is 11.3 Å². The van der Waals surface area contributed by atoms with E-state index in [0.29, 0.717) is 0 Å². The van der Waals surface area contributed by atoms with Gasteiger partial charge in [0, 0.05) is 37.2 Å². The molecule has 56 heavy (non-hydrogen) atoms. The molecule has 11 rings (SSSR count). The second kappa shape index (κ2) is 13.4. The Bertz CT molecular complexity index is 3270.